The highest BCUT2D eigenvalue weighted by molar-refractivity contribution is 6.07. The second kappa shape index (κ2) is 6.41. The molecule has 92 valence electrons. The van der Waals surface area contributed by atoms with Crippen LogP contribution in [0.1, 0.15) is 19.8 Å². The molecule has 0 aliphatic rings. The SMILES string of the molecule is CCCC(C(=O)Nc1cncnc1)C(N)=NO. The van der Waals surface area contributed by atoms with Gasteiger partial charge in [0.15, 0.2) is 5.84 Å². The quantitative estimate of drug-likeness (QED) is 0.300. The number of oxime groups is 1. The second-order valence-corrected chi connectivity index (χ2v) is 3.48. The summed E-state index contributed by atoms with van der Waals surface area (Å²) in [5.74, 6) is -1.08. The number of aromatic nitrogens is 2. The van der Waals surface area contributed by atoms with Crippen LogP contribution < -0.4 is 11.1 Å². The fourth-order valence-corrected chi connectivity index (χ4v) is 1.36. The second-order valence-electron chi connectivity index (χ2n) is 3.48. The first-order valence-corrected chi connectivity index (χ1v) is 5.22. The van der Waals surface area contributed by atoms with Gasteiger partial charge in [-0.1, -0.05) is 18.5 Å². The van der Waals surface area contributed by atoms with Crippen LogP contribution in [0.4, 0.5) is 5.69 Å². The van der Waals surface area contributed by atoms with Crippen molar-refractivity contribution in [2.45, 2.75) is 19.8 Å². The van der Waals surface area contributed by atoms with Crippen molar-refractivity contribution in [3.63, 3.8) is 0 Å². The van der Waals surface area contributed by atoms with Crippen LogP contribution in [0.25, 0.3) is 0 Å². The van der Waals surface area contributed by atoms with Crippen molar-refractivity contribution in [2.24, 2.45) is 16.8 Å². The van der Waals surface area contributed by atoms with Crippen molar-refractivity contribution in [1.29, 1.82) is 0 Å². The molecule has 0 aliphatic carbocycles. The van der Waals surface area contributed by atoms with Crippen molar-refractivity contribution >= 4 is 17.4 Å². The van der Waals surface area contributed by atoms with E-state index in [1.54, 1.807) is 0 Å². The highest BCUT2D eigenvalue weighted by atomic mass is 16.4. The minimum absolute atomic E-state index is 0.0961. The Bertz CT molecular complexity index is 393. The smallest absolute Gasteiger partial charge is 0.235 e. The van der Waals surface area contributed by atoms with Gasteiger partial charge in [0.25, 0.3) is 0 Å². The highest BCUT2D eigenvalue weighted by Gasteiger charge is 2.22. The van der Waals surface area contributed by atoms with E-state index in [-0.39, 0.29) is 11.7 Å². The van der Waals surface area contributed by atoms with Gasteiger partial charge in [-0.2, -0.15) is 0 Å². The molecule has 0 fully saturated rings. The minimum Gasteiger partial charge on any atom is -0.409 e. The Kier molecular flexibility index (Phi) is 4.86. The van der Waals surface area contributed by atoms with Gasteiger partial charge in [0.1, 0.15) is 6.33 Å². The van der Waals surface area contributed by atoms with Crippen molar-refractivity contribution in [1.82, 2.24) is 9.97 Å². The molecule has 0 saturated heterocycles. The number of nitrogens with one attached hydrogen (secondary N) is 1. The molecule has 1 heterocycles. The Morgan fingerprint density at radius 2 is 2.24 bits per heavy atom. The third kappa shape index (κ3) is 3.71. The number of rotatable bonds is 5. The molecule has 1 unspecified atom stereocenters. The molecule has 7 heteroatoms. The number of amides is 1. The lowest BCUT2D eigenvalue weighted by atomic mass is 10.0. The number of hydrogen-bond acceptors (Lipinski definition) is 5. The summed E-state index contributed by atoms with van der Waals surface area (Å²) >= 11 is 0. The van der Waals surface area contributed by atoms with Crippen molar-refractivity contribution < 1.29 is 10.0 Å². The summed E-state index contributed by atoms with van der Waals surface area (Å²) in [5.41, 5.74) is 5.94. The molecule has 7 nitrogen and oxygen atoms in total. The van der Waals surface area contributed by atoms with Gasteiger partial charge in [0, 0.05) is 0 Å². The number of nitrogens with two attached hydrogens (primary N) is 1. The zero-order valence-corrected chi connectivity index (χ0v) is 9.50. The lowest BCUT2D eigenvalue weighted by molar-refractivity contribution is -0.118. The monoisotopic (exact) mass is 237 g/mol. The number of carbonyl (C=O) groups is 1. The van der Waals surface area contributed by atoms with E-state index in [1.807, 2.05) is 6.92 Å². The molecule has 0 aromatic carbocycles. The fourth-order valence-electron chi connectivity index (χ4n) is 1.36. The summed E-state index contributed by atoms with van der Waals surface area (Å²) in [7, 11) is 0. The van der Waals surface area contributed by atoms with Crippen LogP contribution in [0, 0.1) is 5.92 Å². The van der Waals surface area contributed by atoms with E-state index in [9.17, 15) is 4.79 Å². The number of anilines is 1. The normalized spacial score (nSPS) is 13.1. The van der Waals surface area contributed by atoms with Crippen LogP contribution >= 0.6 is 0 Å². The maximum Gasteiger partial charge on any atom is 0.235 e. The van der Waals surface area contributed by atoms with Crippen LogP contribution in [-0.2, 0) is 4.79 Å². The minimum atomic E-state index is -0.648. The van der Waals surface area contributed by atoms with E-state index in [4.69, 9.17) is 10.9 Å². The zero-order chi connectivity index (χ0) is 12.7. The predicted octanol–water partition coefficient (Wildman–Crippen LogP) is 0.578. The van der Waals surface area contributed by atoms with Crippen LogP contribution in [0.15, 0.2) is 23.9 Å². The summed E-state index contributed by atoms with van der Waals surface area (Å²) in [4.78, 5) is 19.4. The summed E-state index contributed by atoms with van der Waals surface area (Å²) in [6, 6.07) is 0. The van der Waals surface area contributed by atoms with Gasteiger partial charge in [0.2, 0.25) is 5.91 Å². The van der Waals surface area contributed by atoms with E-state index >= 15 is 0 Å². The van der Waals surface area contributed by atoms with Gasteiger partial charge in [-0.15, -0.1) is 0 Å². The molecule has 4 N–H and O–H groups in total. The maximum absolute atomic E-state index is 11.9. The number of carbonyl (C=O) groups excluding carboxylic acids is 1. The van der Waals surface area contributed by atoms with E-state index < -0.39 is 5.92 Å². The number of amidine groups is 1. The number of nitrogens with zero attached hydrogens (tertiary/aromatic N) is 3. The molecule has 0 radical (unpaired) electrons. The highest BCUT2D eigenvalue weighted by Crippen LogP contribution is 2.10. The molecule has 0 saturated carbocycles. The van der Waals surface area contributed by atoms with Crippen LogP contribution in [0.5, 0.6) is 0 Å². The van der Waals surface area contributed by atoms with E-state index in [2.05, 4.69) is 20.4 Å². The lowest BCUT2D eigenvalue weighted by Crippen LogP contribution is -2.34. The van der Waals surface area contributed by atoms with Gasteiger partial charge < -0.3 is 16.3 Å². The molecule has 1 amide bonds. The topological polar surface area (TPSA) is 113 Å². The van der Waals surface area contributed by atoms with Crippen molar-refractivity contribution in [2.75, 3.05) is 5.32 Å². The average molecular weight is 237 g/mol. The Labute approximate surface area is 98.8 Å². The van der Waals surface area contributed by atoms with E-state index in [0.717, 1.165) is 6.42 Å². The first kappa shape index (κ1) is 12.9. The summed E-state index contributed by atoms with van der Waals surface area (Å²) in [6.45, 7) is 1.91. The van der Waals surface area contributed by atoms with Crippen molar-refractivity contribution in [3.05, 3.63) is 18.7 Å². The zero-order valence-electron chi connectivity index (χ0n) is 9.50. The predicted molar refractivity (Wildman–Crippen MR) is 62.5 cm³/mol. The standard InChI is InChI=1S/C10H15N5O2/c1-2-3-8(9(11)15-17)10(16)14-7-4-12-6-13-5-7/h4-6,8,17H,2-3H2,1H3,(H2,11,15)(H,14,16). The van der Waals surface area contributed by atoms with Gasteiger partial charge in [-0.05, 0) is 6.42 Å². The summed E-state index contributed by atoms with van der Waals surface area (Å²) in [6.07, 6.45) is 5.57. The Hall–Kier alpha value is -2.18. The van der Waals surface area contributed by atoms with Crippen LogP contribution in [0.2, 0.25) is 0 Å². The van der Waals surface area contributed by atoms with Gasteiger partial charge in [-0.3, -0.25) is 4.79 Å². The largest absolute Gasteiger partial charge is 0.409 e. The summed E-state index contributed by atoms with van der Waals surface area (Å²) < 4.78 is 0. The third-order valence-electron chi connectivity index (χ3n) is 2.19. The third-order valence-corrected chi connectivity index (χ3v) is 2.19. The average Bonchev–Trinajstić information content (AvgIpc) is 2.36. The molecule has 1 rings (SSSR count). The molecule has 0 aliphatic heterocycles. The molecule has 1 atom stereocenters. The van der Waals surface area contributed by atoms with E-state index in [0.29, 0.717) is 12.1 Å². The number of hydrogen-bond donors (Lipinski definition) is 3. The molecule has 0 spiro atoms. The van der Waals surface area contributed by atoms with Crippen LogP contribution in [0.3, 0.4) is 0 Å². The maximum atomic E-state index is 11.9. The Morgan fingerprint density at radius 3 is 2.76 bits per heavy atom. The van der Waals surface area contributed by atoms with Crippen molar-refractivity contribution in [3.8, 4) is 0 Å². The molecule has 1 aromatic heterocycles. The lowest BCUT2D eigenvalue weighted by Gasteiger charge is -2.13. The fraction of sp³-hybridized carbons (Fsp3) is 0.400. The van der Waals surface area contributed by atoms with Gasteiger partial charge in [0.05, 0.1) is 24.0 Å². The summed E-state index contributed by atoms with van der Waals surface area (Å²) in [5, 5.41) is 14.1. The first-order valence-electron chi connectivity index (χ1n) is 5.22. The van der Waals surface area contributed by atoms with E-state index in [1.165, 1.54) is 18.7 Å². The molecule has 0 bridgehead atoms. The molecule has 17 heavy (non-hydrogen) atoms. The Balaban J connectivity index is 2.72. The van der Waals surface area contributed by atoms with Gasteiger partial charge >= 0.3 is 0 Å². The molecule has 1 aromatic rings. The first-order chi connectivity index (χ1) is 8.19. The Morgan fingerprint density at radius 1 is 1.59 bits per heavy atom. The molecular formula is C10H15N5O2. The molecular weight excluding hydrogens is 222 g/mol. The van der Waals surface area contributed by atoms with Gasteiger partial charge in [-0.25, -0.2) is 9.97 Å². The van der Waals surface area contributed by atoms with Crippen LogP contribution in [-0.4, -0.2) is 26.9 Å².